The van der Waals surface area contributed by atoms with Crippen LogP contribution in [0.2, 0.25) is 19.1 Å². The molecule has 0 bridgehead atoms. The van der Waals surface area contributed by atoms with E-state index in [-0.39, 0.29) is 18.4 Å². The van der Waals surface area contributed by atoms with Gasteiger partial charge in [-0.05, 0) is 17.5 Å². The molecule has 7 nitrogen and oxygen atoms in total. The van der Waals surface area contributed by atoms with Crippen molar-refractivity contribution in [3.05, 3.63) is 35.9 Å². The minimum Gasteiger partial charge on any atom is -0.467 e. The van der Waals surface area contributed by atoms with Gasteiger partial charge in [0, 0.05) is 6.17 Å². The highest BCUT2D eigenvalue weighted by atomic mass is 28.3. The maximum atomic E-state index is 13.2. The molecule has 1 aromatic rings. The van der Waals surface area contributed by atoms with Crippen LogP contribution < -0.4 is 5.32 Å². The summed E-state index contributed by atoms with van der Waals surface area (Å²) in [7, 11) is -0.397. The molecule has 1 aliphatic rings. The first-order chi connectivity index (χ1) is 13.1. The Morgan fingerprint density at radius 3 is 2.43 bits per heavy atom. The number of hydrogen-bond acceptors (Lipinski definition) is 5. The summed E-state index contributed by atoms with van der Waals surface area (Å²) < 4.78 is 10.1. The molecule has 1 aliphatic heterocycles. The average molecular weight is 407 g/mol. The van der Waals surface area contributed by atoms with Crippen LogP contribution in [0.4, 0.5) is 4.79 Å². The molecule has 28 heavy (non-hydrogen) atoms. The van der Waals surface area contributed by atoms with Gasteiger partial charge in [-0.3, -0.25) is 4.79 Å². The number of rotatable bonds is 6. The molecule has 2 amide bonds. The van der Waals surface area contributed by atoms with Crippen LogP contribution in [0.5, 0.6) is 0 Å². The molecule has 1 fully saturated rings. The van der Waals surface area contributed by atoms with E-state index in [0.717, 1.165) is 5.56 Å². The van der Waals surface area contributed by atoms with E-state index < -0.39 is 32.2 Å². The van der Waals surface area contributed by atoms with Gasteiger partial charge in [-0.2, -0.15) is 0 Å². The standard InChI is InChI=1S/C20H30N2O5Si/c1-14(2)17(21-20(25)27-11-15-9-7-6-8-10-15)18(23)22-13-28(4,5)12-16(22)19(24)26-3/h6-10,14,16-17H,11-13H2,1-5H3,(H,21,25)/t16-,17-/m0/s1. The molecule has 0 radical (unpaired) electrons. The first kappa shape index (κ1) is 21.9. The monoisotopic (exact) mass is 406 g/mol. The van der Waals surface area contributed by atoms with Crippen LogP contribution in [0.15, 0.2) is 30.3 Å². The quantitative estimate of drug-likeness (QED) is 0.580. The Morgan fingerprint density at radius 2 is 1.86 bits per heavy atom. The van der Waals surface area contributed by atoms with E-state index >= 15 is 0 Å². The number of amides is 2. The summed E-state index contributed by atoms with van der Waals surface area (Å²) >= 11 is 0. The summed E-state index contributed by atoms with van der Waals surface area (Å²) in [6.07, 6.45) is -0.0866. The number of alkyl carbamates (subject to hydrolysis) is 1. The Balaban J connectivity index is 2.06. The lowest BCUT2D eigenvalue weighted by Gasteiger charge is -2.30. The number of esters is 1. The second-order valence-electron chi connectivity index (χ2n) is 8.30. The van der Waals surface area contributed by atoms with Gasteiger partial charge in [0.15, 0.2) is 0 Å². The van der Waals surface area contributed by atoms with Crippen molar-refractivity contribution in [3.63, 3.8) is 0 Å². The molecular weight excluding hydrogens is 376 g/mol. The van der Waals surface area contributed by atoms with Crippen LogP contribution in [-0.4, -0.2) is 56.3 Å². The normalized spacial score (nSPS) is 19.2. The Kier molecular flexibility index (Phi) is 7.23. The lowest BCUT2D eigenvalue weighted by atomic mass is 10.0. The molecule has 1 aromatic carbocycles. The van der Waals surface area contributed by atoms with Crippen molar-refractivity contribution >= 4 is 26.0 Å². The molecule has 0 spiro atoms. The van der Waals surface area contributed by atoms with Crippen LogP contribution in [0.1, 0.15) is 19.4 Å². The van der Waals surface area contributed by atoms with Crippen molar-refractivity contribution in [2.75, 3.05) is 13.3 Å². The summed E-state index contributed by atoms with van der Waals surface area (Å²) in [5.74, 6) is -0.818. The lowest BCUT2D eigenvalue weighted by Crippen LogP contribution is -2.54. The number of methoxy groups -OCH3 is 1. The van der Waals surface area contributed by atoms with Crippen LogP contribution >= 0.6 is 0 Å². The zero-order valence-corrected chi connectivity index (χ0v) is 18.2. The van der Waals surface area contributed by atoms with E-state index in [1.165, 1.54) is 7.11 Å². The SMILES string of the molecule is COC(=O)[C@@H]1C[Si](C)(C)CN1C(=O)[C@@H](NC(=O)OCc1ccccc1)C(C)C. The minimum atomic E-state index is -1.73. The van der Waals surface area contributed by atoms with Gasteiger partial charge in [0.05, 0.1) is 15.2 Å². The summed E-state index contributed by atoms with van der Waals surface area (Å²) in [6.45, 7) is 8.11. The maximum Gasteiger partial charge on any atom is 0.408 e. The molecule has 154 valence electrons. The van der Waals surface area contributed by atoms with Gasteiger partial charge < -0.3 is 19.7 Å². The fourth-order valence-corrected chi connectivity index (χ4v) is 6.29. The van der Waals surface area contributed by atoms with Crippen molar-refractivity contribution in [2.24, 2.45) is 5.92 Å². The zero-order valence-electron chi connectivity index (χ0n) is 17.2. The Hall–Kier alpha value is -2.35. The first-order valence-electron chi connectivity index (χ1n) is 9.50. The number of ether oxygens (including phenoxy) is 2. The fourth-order valence-electron chi connectivity index (χ4n) is 3.43. The third-order valence-corrected chi connectivity index (χ3v) is 7.58. The second kappa shape index (κ2) is 9.23. The predicted octanol–water partition coefficient (Wildman–Crippen LogP) is 2.57. The lowest BCUT2D eigenvalue weighted by molar-refractivity contribution is -0.151. The number of hydrogen-bond donors (Lipinski definition) is 1. The van der Waals surface area contributed by atoms with Crippen LogP contribution in [0.3, 0.4) is 0 Å². The smallest absolute Gasteiger partial charge is 0.408 e. The minimum absolute atomic E-state index is 0.125. The molecule has 0 aliphatic carbocycles. The van der Waals surface area contributed by atoms with Gasteiger partial charge in [-0.25, -0.2) is 9.59 Å². The van der Waals surface area contributed by atoms with Crippen molar-refractivity contribution in [3.8, 4) is 0 Å². The van der Waals surface area contributed by atoms with Crippen LogP contribution in [0, 0.1) is 5.92 Å². The molecule has 1 heterocycles. The van der Waals surface area contributed by atoms with Crippen molar-refractivity contribution in [1.29, 1.82) is 0 Å². The van der Waals surface area contributed by atoms with Crippen molar-refractivity contribution < 1.29 is 23.9 Å². The summed E-state index contributed by atoms with van der Waals surface area (Å²) in [5, 5.41) is 2.68. The van der Waals surface area contributed by atoms with Gasteiger partial charge >= 0.3 is 12.1 Å². The molecule has 0 aromatic heterocycles. The molecule has 0 unspecified atom stereocenters. The highest BCUT2D eigenvalue weighted by Gasteiger charge is 2.47. The third-order valence-electron chi connectivity index (χ3n) is 4.90. The van der Waals surface area contributed by atoms with Crippen molar-refractivity contribution in [2.45, 2.75) is 51.7 Å². The van der Waals surface area contributed by atoms with Crippen LogP contribution in [-0.2, 0) is 25.7 Å². The second-order valence-corrected chi connectivity index (χ2v) is 13.4. The van der Waals surface area contributed by atoms with E-state index in [1.807, 2.05) is 44.2 Å². The summed E-state index contributed by atoms with van der Waals surface area (Å²) in [6, 6.07) is 8.64. The molecule has 1 N–H and O–H groups in total. The van der Waals surface area contributed by atoms with E-state index in [0.29, 0.717) is 12.2 Å². The van der Waals surface area contributed by atoms with Gasteiger partial charge in [0.25, 0.3) is 0 Å². The van der Waals surface area contributed by atoms with Crippen molar-refractivity contribution in [1.82, 2.24) is 10.2 Å². The molecule has 2 atom stereocenters. The predicted molar refractivity (Wildman–Crippen MR) is 108 cm³/mol. The number of carbonyl (C=O) groups excluding carboxylic acids is 3. The van der Waals surface area contributed by atoms with Gasteiger partial charge in [0.2, 0.25) is 5.91 Å². The maximum absolute atomic E-state index is 13.2. The summed E-state index contributed by atoms with van der Waals surface area (Å²) in [5.41, 5.74) is 0.864. The Morgan fingerprint density at radius 1 is 1.21 bits per heavy atom. The highest BCUT2D eigenvalue weighted by molar-refractivity contribution is 6.79. The molecule has 2 rings (SSSR count). The zero-order chi connectivity index (χ0) is 20.9. The summed E-state index contributed by atoms with van der Waals surface area (Å²) in [4.78, 5) is 39.2. The molecule has 8 heteroatoms. The Labute approximate surface area is 167 Å². The van der Waals surface area contributed by atoms with Crippen LogP contribution in [0.25, 0.3) is 0 Å². The third kappa shape index (κ3) is 5.57. The molecule has 0 saturated carbocycles. The molecule has 1 saturated heterocycles. The highest BCUT2D eigenvalue weighted by Crippen LogP contribution is 2.28. The average Bonchev–Trinajstić information content (AvgIpc) is 2.99. The van der Waals surface area contributed by atoms with Gasteiger partial charge in [-0.15, -0.1) is 0 Å². The van der Waals surface area contributed by atoms with E-state index in [9.17, 15) is 14.4 Å². The topological polar surface area (TPSA) is 84.9 Å². The largest absolute Gasteiger partial charge is 0.467 e. The van der Waals surface area contributed by atoms with E-state index in [2.05, 4.69) is 18.4 Å². The van der Waals surface area contributed by atoms with Gasteiger partial charge in [-0.1, -0.05) is 57.3 Å². The number of nitrogens with zero attached hydrogens (tertiary/aromatic N) is 1. The number of carbonyl (C=O) groups is 3. The van der Waals surface area contributed by atoms with E-state index in [1.54, 1.807) is 4.90 Å². The Bertz CT molecular complexity index is 708. The first-order valence-corrected chi connectivity index (χ1v) is 12.9. The number of benzene rings is 1. The molecular formula is C20H30N2O5Si. The van der Waals surface area contributed by atoms with Gasteiger partial charge in [0.1, 0.15) is 18.7 Å². The number of nitrogens with one attached hydrogen (secondary N) is 1. The fraction of sp³-hybridized carbons (Fsp3) is 0.550. The van der Waals surface area contributed by atoms with E-state index in [4.69, 9.17) is 9.47 Å².